The average molecular weight is 185 g/mol. The molecule has 0 aromatic rings. The van der Waals surface area contributed by atoms with E-state index in [1.165, 1.54) is 12.8 Å². The second kappa shape index (κ2) is 4.46. The normalized spacial score (nSPS) is 18.5. The van der Waals surface area contributed by atoms with Gasteiger partial charge in [0.2, 0.25) is 0 Å². The molecule has 0 bridgehead atoms. The Hall–Kier alpha value is -0.770. The summed E-state index contributed by atoms with van der Waals surface area (Å²) in [7, 11) is 0. The van der Waals surface area contributed by atoms with Gasteiger partial charge in [-0.25, -0.2) is 4.79 Å². The molecule has 2 amide bonds. The van der Waals surface area contributed by atoms with Gasteiger partial charge in [0.15, 0.2) is 0 Å². The molecule has 1 fully saturated rings. The van der Waals surface area contributed by atoms with Crippen molar-refractivity contribution in [3.8, 4) is 0 Å². The van der Waals surface area contributed by atoms with Gasteiger partial charge in [-0.3, -0.25) is 0 Å². The zero-order valence-corrected chi connectivity index (χ0v) is 8.34. The third-order valence-electron chi connectivity index (χ3n) is 2.15. The van der Waals surface area contributed by atoms with Crippen molar-refractivity contribution >= 4 is 6.03 Å². The Morgan fingerprint density at radius 3 is 2.62 bits per heavy atom. The summed E-state index contributed by atoms with van der Waals surface area (Å²) >= 11 is 0. The van der Waals surface area contributed by atoms with Crippen LogP contribution in [0.15, 0.2) is 0 Å². The number of urea groups is 1. The maximum absolute atomic E-state index is 11.1. The molecule has 0 heterocycles. The van der Waals surface area contributed by atoms with Crippen LogP contribution >= 0.6 is 0 Å². The lowest BCUT2D eigenvalue weighted by Crippen LogP contribution is -2.45. The SMILES string of the molecule is CC(C)NC(=O)NCC(N)C1CC1. The second-order valence-electron chi connectivity index (χ2n) is 4.01. The largest absolute Gasteiger partial charge is 0.337 e. The highest BCUT2D eigenvalue weighted by molar-refractivity contribution is 5.74. The molecule has 4 N–H and O–H groups in total. The fraction of sp³-hybridized carbons (Fsp3) is 0.889. The number of rotatable bonds is 4. The molecule has 1 saturated carbocycles. The number of hydrogen-bond donors (Lipinski definition) is 3. The molecule has 4 nitrogen and oxygen atoms in total. The molecule has 0 aromatic heterocycles. The topological polar surface area (TPSA) is 67.2 Å². The molecule has 0 aromatic carbocycles. The summed E-state index contributed by atoms with van der Waals surface area (Å²) in [5.74, 6) is 0.638. The first-order valence-electron chi connectivity index (χ1n) is 4.89. The second-order valence-corrected chi connectivity index (χ2v) is 4.01. The summed E-state index contributed by atoms with van der Waals surface area (Å²) in [6, 6.07) is 0.196. The Balaban J connectivity index is 2.06. The van der Waals surface area contributed by atoms with E-state index in [-0.39, 0.29) is 18.1 Å². The number of nitrogens with one attached hydrogen (secondary N) is 2. The molecule has 1 rings (SSSR count). The summed E-state index contributed by atoms with van der Waals surface area (Å²) in [5.41, 5.74) is 5.82. The van der Waals surface area contributed by atoms with Crippen molar-refractivity contribution in [2.45, 2.75) is 38.8 Å². The number of nitrogens with two attached hydrogens (primary N) is 1. The first-order chi connectivity index (χ1) is 6.09. The standard InChI is InChI=1S/C9H19N3O/c1-6(2)12-9(13)11-5-8(10)7-3-4-7/h6-8H,3-5,10H2,1-2H3,(H2,11,12,13). The van der Waals surface area contributed by atoms with E-state index in [0.29, 0.717) is 12.5 Å². The lowest BCUT2D eigenvalue weighted by molar-refractivity contribution is 0.237. The van der Waals surface area contributed by atoms with Crippen LogP contribution in [-0.4, -0.2) is 24.7 Å². The van der Waals surface area contributed by atoms with Gasteiger partial charge in [0, 0.05) is 18.6 Å². The summed E-state index contributed by atoms with van der Waals surface area (Å²) < 4.78 is 0. The minimum absolute atomic E-state index is 0.119. The van der Waals surface area contributed by atoms with Gasteiger partial charge in [-0.05, 0) is 32.6 Å². The van der Waals surface area contributed by atoms with Crippen molar-refractivity contribution in [1.82, 2.24) is 10.6 Å². The van der Waals surface area contributed by atoms with Crippen LogP contribution in [0.1, 0.15) is 26.7 Å². The molecule has 76 valence electrons. The van der Waals surface area contributed by atoms with Gasteiger partial charge < -0.3 is 16.4 Å². The zero-order chi connectivity index (χ0) is 9.84. The molecule has 4 heteroatoms. The Kier molecular flexibility index (Phi) is 3.54. The average Bonchev–Trinajstić information content (AvgIpc) is 2.80. The predicted octanol–water partition coefficient (Wildman–Crippen LogP) is 0.431. The Labute approximate surface area is 79.3 Å². The van der Waals surface area contributed by atoms with Gasteiger partial charge >= 0.3 is 6.03 Å². The molecule has 1 unspecified atom stereocenters. The molecule has 0 saturated heterocycles. The van der Waals surface area contributed by atoms with E-state index in [2.05, 4.69) is 10.6 Å². The molecular formula is C9H19N3O. The third-order valence-corrected chi connectivity index (χ3v) is 2.15. The van der Waals surface area contributed by atoms with Gasteiger partial charge in [0.05, 0.1) is 0 Å². The van der Waals surface area contributed by atoms with Crippen molar-refractivity contribution in [3.63, 3.8) is 0 Å². The molecule has 13 heavy (non-hydrogen) atoms. The van der Waals surface area contributed by atoms with Gasteiger partial charge in [0.25, 0.3) is 0 Å². The fourth-order valence-electron chi connectivity index (χ4n) is 1.21. The number of carbonyl (C=O) groups excluding carboxylic acids is 1. The quantitative estimate of drug-likeness (QED) is 0.594. The van der Waals surface area contributed by atoms with E-state index in [0.717, 1.165) is 0 Å². The van der Waals surface area contributed by atoms with Crippen LogP contribution in [0.2, 0.25) is 0 Å². The molecule has 0 radical (unpaired) electrons. The maximum atomic E-state index is 11.1. The smallest absolute Gasteiger partial charge is 0.315 e. The van der Waals surface area contributed by atoms with Crippen molar-refractivity contribution in [2.75, 3.05) is 6.54 Å². The lowest BCUT2D eigenvalue weighted by Gasteiger charge is -2.13. The van der Waals surface area contributed by atoms with Crippen molar-refractivity contribution in [2.24, 2.45) is 11.7 Å². The van der Waals surface area contributed by atoms with Crippen molar-refractivity contribution < 1.29 is 4.79 Å². The molecule has 1 aliphatic carbocycles. The van der Waals surface area contributed by atoms with Crippen LogP contribution in [0.4, 0.5) is 4.79 Å². The zero-order valence-electron chi connectivity index (χ0n) is 8.34. The van der Waals surface area contributed by atoms with Gasteiger partial charge in [-0.2, -0.15) is 0 Å². The maximum Gasteiger partial charge on any atom is 0.315 e. The molecule has 0 spiro atoms. The van der Waals surface area contributed by atoms with E-state index in [1.54, 1.807) is 0 Å². The van der Waals surface area contributed by atoms with Crippen molar-refractivity contribution in [1.29, 1.82) is 0 Å². The fourth-order valence-corrected chi connectivity index (χ4v) is 1.21. The van der Waals surface area contributed by atoms with E-state index in [9.17, 15) is 4.79 Å². The first-order valence-corrected chi connectivity index (χ1v) is 4.89. The summed E-state index contributed by atoms with van der Waals surface area (Å²) in [5, 5.41) is 5.51. The summed E-state index contributed by atoms with van der Waals surface area (Å²) in [6.07, 6.45) is 2.43. The Morgan fingerprint density at radius 2 is 2.15 bits per heavy atom. The van der Waals surface area contributed by atoms with E-state index in [1.807, 2.05) is 13.8 Å². The Bertz CT molecular complexity index is 178. The van der Waals surface area contributed by atoms with Crippen LogP contribution < -0.4 is 16.4 Å². The summed E-state index contributed by atoms with van der Waals surface area (Å²) in [4.78, 5) is 11.1. The third kappa shape index (κ3) is 4.12. The highest BCUT2D eigenvalue weighted by atomic mass is 16.2. The van der Waals surface area contributed by atoms with Crippen LogP contribution in [0.3, 0.4) is 0 Å². The van der Waals surface area contributed by atoms with Crippen LogP contribution in [-0.2, 0) is 0 Å². The first kappa shape index (κ1) is 10.3. The number of carbonyl (C=O) groups is 1. The highest BCUT2D eigenvalue weighted by Crippen LogP contribution is 2.31. The van der Waals surface area contributed by atoms with Gasteiger partial charge in [-0.15, -0.1) is 0 Å². The van der Waals surface area contributed by atoms with E-state index < -0.39 is 0 Å². The molecule has 0 aliphatic heterocycles. The Morgan fingerprint density at radius 1 is 1.54 bits per heavy atom. The van der Waals surface area contributed by atoms with Crippen LogP contribution in [0.25, 0.3) is 0 Å². The molecule has 1 aliphatic rings. The minimum Gasteiger partial charge on any atom is -0.337 e. The predicted molar refractivity (Wildman–Crippen MR) is 52.4 cm³/mol. The molecular weight excluding hydrogens is 166 g/mol. The lowest BCUT2D eigenvalue weighted by atomic mass is 10.2. The van der Waals surface area contributed by atoms with E-state index in [4.69, 9.17) is 5.73 Å². The van der Waals surface area contributed by atoms with Crippen molar-refractivity contribution in [3.05, 3.63) is 0 Å². The van der Waals surface area contributed by atoms with Crippen LogP contribution in [0, 0.1) is 5.92 Å². The van der Waals surface area contributed by atoms with Crippen LogP contribution in [0.5, 0.6) is 0 Å². The monoisotopic (exact) mass is 185 g/mol. The van der Waals surface area contributed by atoms with Gasteiger partial charge in [-0.1, -0.05) is 0 Å². The highest BCUT2D eigenvalue weighted by Gasteiger charge is 2.28. The summed E-state index contributed by atoms with van der Waals surface area (Å²) in [6.45, 7) is 4.45. The number of amides is 2. The molecule has 1 atom stereocenters. The van der Waals surface area contributed by atoms with Gasteiger partial charge in [0.1, 0.15) is 0 Å². The minimum atomic E-state index is -0.119. The number of hydrogen-bond acceptors (Lipinski definition) is 2. The van der Waals surface area contributed by atoms with E-state index >= 15 is 0 Å².